The number of rotatable bonds is 2. The van der Waals surface area contributed by atoms with E-state index < -0.39 is 0 Å². The Morgan fingerprint density at radius 3 is 2.48 bits per heavy atom. The van der Waals surface area contributed by atoms with Crippen molar-refractivity contribution in [3.63, 3.8) is 0 Å². The lowest BCUT2D eigenvalue weighted by atomic mass is 9.66. The van der Waals surface area contributed by atoms with Gasteiger partial charge in [-0.05, 0) is 60.8 Å². The Morgan fingerprint density at radius 2 is 1.69 bits per heavy atom. The van der Waals surface area contributed by atoms with Crippen molar-refractivity contribution < 1.29 is 9.53 Å². The van der Waals surface area contributed by atoms with Gasteiger partial charge in [-0.1, -0.05) is 24.3 Å². The van der Waals surface area contributed by atoms with Crippen LogP contribution < -0.4 is 4.90 Å². The van der Waals surface area contributed by atoms with Crippen molar-refractivity contribution in [3.8, 4) is 0 Å². The standard InChI is InChI=1S/C24H29N3O2/c28-23(21-6-3-11-25-22(21)26-14-16-29-17-15-26)27-12-9-24(10-13-27)8-7-19-4-1-2-5-20(19)18-24/h1-6,11H,7-10,12-18H2. The molecule has 0 N–H and O–H groups in total. The lowest BCUT2D eigenvalue weighted by Crippen LogP contribution is -2.46. The van der Waals surface area contributed by atoms with E-state index in [0.717, 1.165) is 56.8 Å². The van der Waals surface area contributed by atoms with Crippen LogP contribution in [0.2, 0.25) is 0 Å². The summed E-state index contributed by atoms with van der Waals surface area (Å²) >= 11 is 0. The number of hydrogen-bond donors (Lipinski definition) is 0. The van der Waals surface area contributed by atoms with Gasteiger partial charge in [0.1, 0.15) is 5.82 Å². The number of hydrogen-bond acceptors (Lipinski definition) is 4. The second-order valence-corrected chi connectivity index (χ2v) is 8.71. The maximum Gasteiger partial charge on any atom is 0.257 e. The zero-order valence-corrected chi connectivity index (χ0v) is 17.0. The van der Waals surface area contributed by atoms with Crippen molar-refractivity contribution in [3.05, 3.63) is 59.3 Å². The third kappa shape index (κ3) is 3.64. The number of carbonyl (C=O) groups is 1. The number of piperidine rings is 1. The van der Waals surface area contributed by atoms with E-state index in [9.17, 15) is 4.79 Å². The molecule has 0 bridgehead atoms. The molecule has 0 atom stereocenters. The van der Waals surface area contributed by atoms with Gasteiger partial charge >= 0.3 is 0 Å². The molecule has 1 aromatic heterocycles. The van der Waals surface area contributed by atoms with Crippen LogP contribution >= 0.6 is 0 Å². The Bertz CT molecular complexity index is 883. The molecule has 0 saturated carbocycles. The Hall–Kier alpha value is -2.40. The van der Waals surface area contributed by atoms with Gasteiger partial charge in [0.05, 0.1) is 18.8 Å². The highest BCUT2D eigenvalue weighted by Gasteiger charge is 2.39. The molecule has 1 amide bonds. The number of nitrogens with zero attached hydrogens (tertiary/aromatic N) is 3. The summed E-state index contributed by atoms with van der Waals surface area (Å²) in [5, 5.41) is 0. The molecule has 2 saturated heterocycles. The quantitative estimate of drug-likeness (QED) is 0.788. The first-order chi connectivity index (χ1) is 14.2. The minimum atomic E-state index is 0.130. The van der Waals surface area contributed by atoms with Gasteiger partial charge in [0.15, 0.2) is 0 Å². The van der Waals surface area contributed by atoms with Crippen molar-refractivity contribution in [1.29, 1.82) is 0 Å². The number of pyridine rings is 1. The topological polar surface area (TPSA) is 45.7 Å². The fourth-order valence-corrected chi connectivity index (χ4v) is 5.24. The van der Waals surface area contributed by atoms with Gasteiger partial charge in [-0.2, -0.15) is 0 Å². The molecular formula is C24H29N3O2. The minimum absolute atomic E-state index is 0.130. The van der Waals surface area contributed by atoms with Crippen LogP contribution in [0.4, 0.5) is 5.82 Å². The molecule has 5 heteroatoms. The Balaban J connectivity index is 1.29. The number of likely N-dealkylation sites (tertiary alicyclic amines) is 1. The van der Waals surface area contributed by atoms with Crippen LogP contribution in [0.25, 0.3) is 0 Å². The van der Waals surface area contributed by atoms with Crippen molar-refractivity contribution in [2.24, 2.45) is 5.41 Å². The third-order valence-corrected chi connectivity index (χ3v) is 7.05. The van der Waals surface area contributed by atoms with E-state index in [1.165, 1.54) is 24.0 Å². The molecule has 5 nitrogen and oxygen atoms in total. The number of amides is 1. The fourth-order valence-electron chi connectivity index (χ4n) is 5.24. The summed E-state index contributed by atoms with van der Waals surface area (Å²) in [5.41, 5.74) is 4.13. The van der Waals surface area contributed by atoms with Gasteiger partial charge in [-0.3, -0.25) is 4.79 Å². The average Bonchev–Trinajstić information content (AvgIpc) is 2.80. The predicted molar refractivity (Wildman–Crippen MR) is 113 cm³/mol. The molecule has 1 spiro atoms. The van der Waals surface area contributed by atoms with Crippen LogP contribution in [0.15, 0.2) is 42.6 Å². The maximum absolute atomic E-state index is 13.4. The summed E-state index contributed by atoms with van der Waals surface area (Å²) in [5.74, 6) is 0.943. The molecule has 3 aliphatic rings. The molecule has 0 radical (unpaired) electrons. The zero-order valence-electron chi connectivity index (χ0n) is 17.0. The van der Waals surface area contributed by atoms with Crippen molar-refractivity contribution in [2.45, 2.75) is 32.1 Å². The molecule has 5 rings (SSSR count). The largest absolute Gasteiger partial charge is 0.378 e. The average molecular weight is 392 g/mol. The van der Waals surface area contributed by atoms with Gasteiger partial charge < -0.3 is 14.5 Å². The Kier molecular flexibility index (Phi) is 5.00. The second kappa shape index (κ2) is 7.79. The summed E-state index contributed by atoms with van der Waals surface area (Å²) in [6, 6.07) is 12.7. The molecule has 1 aliphatic carbocycles. The maximum atomic E-state index is 13.4. The van der Waals surface area contributed by atoms with E-state index in [1.807, 2.05) is 17.0 Å². The first-order valence-electron chi connectivity index (χ1n) is 10.9. The number of benzene rings is 1. The SMILES string of the molecule is O=C(c1cccnc1N1CCOCC1)N1CCC2(CCc3ccccc3C2)CC1. The van der Waals surface area contributed by atoms with Crippen LogP contribution in [-0.2, 0) is 17.6 Å². The third-order valence-electron chi connectivity index (χ3n) is 7.05. The van der Waals surface area contributed by atoms with E-state index in [2.05, 4.69) is 34.1 Å². The normalized spacial score (nSPS) is 21.1. The number of fused-ring (bicyclic) bond motifs is 1. The first kappa shape index (κ1) is 18.6. The van der Waals surface area contributed by atoms with Crippen LogP contribution in [0.5, 0.6) is 0 Å². The zero-order chi connectivity index (χ0) is 19.7. The lowest BCUT2D eigenvalue weighted by molar-refractivity contribution is 0.0543. The van der Waals surface area contributed by atoms with E-state index in [4.69, 9.17) is 4.74 Å². The van der Waals surface area contributed by atoms with Gasteiger partial charge in [-0.15, -0.1) is 0 Å². The van der Waals surface area contributed by atoms with E-state index in [1.54, 1.807) is 6.20 Å². The smallest absolute Gasteiger partial charge is 0.257 e. The van der Waals surface area contributed by atoms with E-state index in [-0.39, 0.29) is 5.91 Å². The molecule has 0 unspecified atom stereocenters. The van der Waals surface area contributed by atoms with Crippen LogP contribution in [0.3, 0.4) is 0 Å². The predicted octanol–water partition coefficient (Wildman–Crippen LogP) is 3.33. The number of anilines is 1. The van der Waals surface area contributed by atoms with E-state index >= 15 is 0 Å². The van der Waals surface area contributed by atoms with E-state index in [0.29, 0.717) is 18.6 Å². The number of aryl methyl sites for hydroxylation is 1. The number of aromatic nitrogens is 1. The van der Waals surface area contributed by atoms with Gasteiger partial charge in [-0.25, -0.2) is 4.98 Å². The van der Waals surface area contributed by atoms with Gasteiger partial charge in [0.2, 0.25) is 0 Å². The summed E-state index contributed by atoms with van der Waals surface area (Å²) in [7, 11) is 0. The fraction of sp³-hybridized carbons (Fsp3) is 0.500. The molecular weight excluding hydrogens is 362 g/mol. The summed E-state index contributed by atoms with van der Waals surface area (Å²) in [4.78, 5) is 22.1. The molecule has 29 heavy (non-hydrogen) atoms. The van der Waals surface area contributed by atoms with Crippen LogP contribution in [-0.4, -0.2) is 55.2 Å². The molecule has 1 aromatic carbocycles. The molecule has 2 fully saturated rings. The highest BCUT2D eigenvalue weighted by Crippen LogP contribution is 2.43. The molecule has 3 heterocycles. The molecule has 152 valence electrons. The summed E-state index contributed by atoms with van der Waals surface area (Å²) < 4.78 is 5.46. The van der Waals surface area contributed by atoms with Crippen molar-refractivity contribution >= 4 is 11.7 Å². The minimum Gasteiger partial charge on any atom is -0.378 e. The van der Waals surface area contributed by atoms with Gasteiger partial charge in [0.25, 0.3) is 5.91 Å². The first-order valence-corrected chi connectivity index (χ1v) is 10.9. The summed E-state index contributed by atoms with van der Waals surface area (Å²) in [6.45, 7) is 4.66. The highest BCUT2D eigenvalue weighted by molar-refractivity contribution is 5.99. The Morgan fingerprint density at radius 1 is 0.931 bits per heavy atom. The van der Waals surface area contributed by atoms with Crippen molar-refractivity contribution in [1.82, 2.24) is 9.88 Å². The number of morpholine rings is 1. The molecule has 2 aromatic rings. The van der Waals surface area contributed by atoms with Crippen LogP contribution in [0.1, 0.15) is 40.7 Å². The van der Waals surface area contributed by atoms with Crippen molar-refractivity contribution in [2.75, 3.05) is 44.3 Å². The van der Waals surface area contributed by atoms with Crippen LogP contribution in [0, 0.1) is 5.41 Å². The lowest BCUT2D eigenvalue weighted by Gasteiger charge is -2.45. The monoisotopic (exact) mass is 391 g/mol. The molecule has 2 aliphatic heterocycles. The number of carbonyl (C=O) groups excluding carboxylic acids is 1. The highest BCUT2D eigenvalue weighted by atomic mass is 16.5. The summed E-state index contributed by atoms with van der Waals surface area (Å²) in [6.07, 6.45) is 7.57. The number of ether oxygens (including phenoxy) is 1. The Labute approximate surface area is 172 Å². The van der Waals surface area contributed by atoms with Gasteiger partial charge in [0, 0.05) is 32.4 Å². The second-order valence-electron chi connectivity index (χ2n) is 8.71.